The second kappa shape index (κ2) is 5.73. The molecule has 1 N–H and O–H groups in total. The number of hydrogen-bond acceptors (Lipinski definition) is 5. The van der Waals surface area contributed by atoms with Crippen molar-refractivity contribution < 1.29 is 18.3 Å². The second-order valence-electron chi connectivity index (χ2n) is 5.56. The van der Waals surface area contributed by atoms with Crippen molar-refractivity contribution >= 4 is 27.3 Å². The van der Waals surface area contributed by atoms with E-state index in [1.54, 1.807) is 24.4 Å². The summed E-state index contributed by atoms with van der Waals surface area (Å²) in [7, 11) is -3.56. The largest absolute Gasteiger partial charge is 0.479 e. The van der Waals surface area contributed by atoms with Gasteiger partial charge in [0.05, 0.1) is 0 Å². The molecule has 1 fully saturated rings. The van der Waals surface area contributed by atoms with Gasteiger partial charge in [-0.3, -0.25) is 4.68 Å². The first-order valence-electron chi connectivity index (χ1n) is 7.16. The maximum atomic E-state index is 12.6. The normalized spacial score (nSPS) is 18.8. The monoisotopic (exact) mass is 355 g/mol. The van der Waals surface area contributed by atoms with Crippen LogP contribution >= 0.6 is 11.3 Å². The quantitative estimate of drug-likeness (QED) is 0.897. The van der Waals surface area contributed by atoms with Gasteiger partial charge in [-0.1, -0.05) is 0 Å². The Kier molecular flexibility index (Phi) is 4.03. The molecule has 2 aromatic heterocycles. The van der Waals surface area contributed by atoms with Gasteiger partial charge >= 0.3 is 5.97 Å². The molecular formula is C14H17N3O4S2. The fraction of sp³-hybridized carbons (Fsp3) is 0.429. The summed E-state index contributed by atoms with van der Waals surface area (Å²) in [5, 5.41) is 13.7. The van der Waals surface area contributed by atoms with Crippen molar-refractivity contribution in [2.24, 2.45) is 0 Å². The fourth-order valence-corrected chi connectivity index (χ4v) is 5.72. The predicted octanol–water partition coefficient (Wildman–Crippen LogP) is 1.52. The summed E-state index contributed by atoms with van der Waals surface area (Å²) in [6, 6.07) is 5.04. The highest BCUT2D eigenvalue weighted by atomic mass is 32.2. The van der Waals surface area contributed by atoms with E-state index in [0.29, 0.717) is 4.21 Å². The van der Waals surface area contributed by atoms with Crippen molar-refractivity contribution in [3.63, 3.8) is 0 Å². The van der Waals surface area contributed by atoms with Crippen molar-refractivity contribution in [3.05, 3.63) is 35.5 Å². The lowest BCUT2D eigenvalue weighted by Gasteiger charge is -2.38. The van der Waals surface area contributed by atoms with Gasteiger partial charge in [0.2, 0.25) is 0 Å². The standard InChI is InChI=1S/C14H17N3O4S2/c1-11-3-4-12(22-11)23(20,21)16-9-5-14(6-10-16,13(18)19)17-8-2-7-15-17/h2-4,7-8H,5-6,9-10H2,1H3,(H,18,19). The van der Waals surface area contributed by atoms with Gasteiger partial charge < -0.3 is 5.11 Å². The fourth-order valence-electron chi connectivity index (χ4n) is 2.84. The Labute approximate surface area is 138 Å². The summed E-state index contributed by atoms with van der Waals surface area (Å²) in [6.07, 6.45) is 3.52. The first kappa shape index (κ1) is 16.2. The number of carbonyl (C=O) groups is 1. The van der Waals surface area contributed by atoms with E-state index in [0.717, 1.165) is 4.88 Å². The second-order valence-corrected chi connectivity index (χ2v) is 9.01. The topological polar surface area (TPSA) is 92.5 Å². The first-order chi connectivity index (χ1) is 10.9. The SMILES string of the molecule is Cc1ccc(S(=O)(=O)N2CCC(C(=O)O)(n3cccn3)CC2)s1. The minimum atomic E-state index is -3.56. The molecule has 0 aliphatic carbocycles. The molecule has 0 spiro atoms. The number of hydrogen-bond donors (Lipinski definition) is 1. The van der Waals surface area contributed by atoms with E-state index in [1.807, 2.05) is 6.92 Å². The van der Waals surface area contributed by atoms with E-state index in [2.05, 4.69) is 5.10 Å². The molecule has 0 bridgehead atoms. The van der Waals surface area contributed by atoms with Gasteiger partial charge in [0.25, 0.3) is 10.0 Å². The highest BCUT2D eigenvalue weighted by molar-refractivity contribution is 7.91. The summed E-state index contributed by atoms with van der Waals surface area (Å²) in [5.74, 6) is -0.981. The van der Waals surface area contributed by atoms with E-state index in [1.165, 1.54) is 26.5 Å². The van der Waals surface area contributed by atoms with Crippen molar-refractivity contribution in [1.82, 2.24) is 14.1 Å². The lowest BCUT2D eigenvalue weighted by Crippen LogP contribution is -2.52. The van der Waals surface area contributed by atoms with Crippen molar-refractivity contribution in [1.29, 1.82) is 0 Å². The summed E-state index contributed by atoms with van der Waals surface area (Å²) >= 11 is 1.23. The van der Waals surface area contributed by atoms with Crippen LogP contribution in [0.25, 0.3) is 0 Å². The van der Waals surface area contributed by atoms with Gasteiger partial charge in [-0.25, -0.2) is 13.2 Å². The molecule has 0 unspecified atom stereocenters. The third-order valence-electron chi connectivity index (χ3n) is 4.20. The molecule has 0 amide bonds. The average Bonchev–Trinajstić information content (AvgIpc) is 3.18. The van der Waals surface area contributed by atoms with Crippen LogP contribution in [0.4, 0.5) is 0 Å². The Balaban J connectivity index is 1.84. The Morgan fingerprint density at radius 2 is 2.04 bits per heavy atom. The highest BCUT2D eigenvalue weighted by Crippen LogP contribution is 2.33. The van der Waals surface area contributed by atoms with Crippen LogP contribution in [0.1, 0.15) is 17.7 Å². The Hall–Kier alpha value is -1.71. The number of sulfonamides is 1. The maximum Gasteiger partial charge on any atom is 0.331 e. The van der Waals surface area contributed by atoms with Crippen LogP contribution in [-0.2, 0) is 20.4 Å². The molecule has 0 saturated carbocycles. The Morgan fingerprint density at radius 1 is 1.35 bits per heavy atom. The van der Waals surface area contributed by atoms with Crippen LogP contribution in [0.5, 0.6) is 0 Å². The molecule has 3 rings (SSSR count). The van der Waals surface area contributed by atoms with Crippen LogP contribution in [0, 0.1) is 6.92 Å². The molecule has 7 nitrogen and oxygen atoms in total. The third kappa shape index (κ3) is 2.68. The van der Waals surface area contributed by atoms with E-state index < -0.39 is 21.5 Å². The van der Waals surface area contributed by atoms with Gasteiger partial charge in [-0.15, -0.1) is 11.3 Å². The molecule has 2 aromatic rings. The highest BCUT2D eigenvalue weighted by Gasteiger charge is 2.46. The lowest BCUT2D eigenvalue weighted by atomic mass is 9.88. The van der Waals surface area contributed by atoms with Crippen LogP contribution in [0.3, 0.4) is 0 Å². The Bertz CT molecular complexity index is 803. The molecule has 3 heterocycles. The summed E-state index contributed by atoms with van der Waals surface area (Å²) < 4.78 is 28.4. The minimum absolute atomic E-state index is 0.158. The van der Waals surface area contributed by atoms with Gasteiger partial charge in [0.1, 0.15) is 4.21 Å². The molecule has 1 saturated heterocycles. The molecule has 1 aliphatic heterocycles. The predicted molar refractivity (Wildman–Crippen MR) is 84.9 cm³/mol. The molecule has 23 heavy (non-hydrogen) atoms. The van der Waals surface area contributed by atoms with E-state index in [4.69, 9.17) is 0 Å². The summed E-state index contributed by atoms with van der Waals surface area (Å²) in [4.78, 5) is 12.7. The zero-order valence-electron chi connectivity index (χ0n) is 12.5. The van der Waals surface area contributed by atoms with Crippen molar-refractivity contribution in [3.8, 4) is 0 Å². The van der Waals surface area contributed by atoms with Crippen LogP contribution < -0.4 is 0 Å². The average molecular weight is 355 g/mol. The van der Waals surface area contributed by atoms with Gasteiger partial charge in [-0.05, 0) is 38.0 Å². The maximum absolute atomic E-state index is 12.6. The van der Waals surface area contributed by atoms with E-state index >= 15 is 0 Å². The number of aryl methyl sites for hydroxylation is 1. The third-order valence-corrected chi connectivity index (χ3v) is 7.57. The smallest absolute Gasteiger partial charge is 0.331 e. The molecular weight excluding hydrogens is 338 g/mol. The molecule has 1 aliphatic rings. The lowest BCUT2D eigenvalue weighted by molar-refractivity contribution is -0.150. The van der Waals surface area contributed by atoms with Crippen LogP contribution in [-0.4, -0.2) is 46.7 Å². The zero-order valence-corrected chi connectivity index (χ0v) is 14.2. The number of aromatic nitrogens is 2. The van der Waals surface area contributed by atoms with Crippen LogP contribution in [0.15, 0.2) is 34.8 Å². The zero-order chi connectivity index (χ0) is 16.7. The number of nitrogens with zero attached hydrogens (tertiary/aromatic N) is 3. The number of piperidine rings is 1. The molecule has 9 heteroatoms. The molecule has 0 atom stereocenters. The van der Waals surface area contributed by atoms with Gasteiger partial charge in [-0.2, -0.15) is 9.40 Å². The van der Waals surface area contributed by atoms with E-state index in [-0.39, 0.29) is 25.9 Å². The minimum Gasteiger partial charge on any atom is -0.479 e. The Morgan fingerprint density at radius 3 is 2.52 bits per heavy atom. The van der Waals surface area contributed by atoms with Crippen molar-refractivity contribution in [2.45, 2.75) is 29.5 Å². The van der Waals surface area contributed by atoms with Gasteiger partial charge in [0.15, 0.2) is 5.54 Å². The number of carboxylic acid groups (broad SMARTS) is 1. The number of carboxylic acids is 1. The molecule has 0 radical (unpaired) electrons. The summed E-state index contributed by atoms with van der Waals surface area (Å²) in [5.41, 5.74) is -1.18. The summed E-state index contributed by atoms with van der Waals surface area (Å²) in [6.45, 7) is 2.17. The number of aliphatic carboxylic acids is 1. The van der Waals surface area contributed by atoms with Gasteiger partial charge in [0, 0.05) is 30.4 Å². The first-order valence-corrected chi connectivity index (χ1v) is 9.42. The number of rotatable bonds is 4. The molecule has 124 valence electrons. The van der Waals surface area contributed by atoms with Crippen LogP contribution in [0.2, 0.25) is 0 Å². The van der Waals surface area contributed by atoms with E-state index in [9.17, 15) is 18.3 Å². The molecule has 0 aromatic carbocycles. The van der Waals surface area contributed by atoms with Crippen molar-refractivity contribution in [2.75, 3.05) is 13.1 Å². The number of thiophene rings is 1.